The molecule has 0 atom stereocenters. The first-order valence-corrected chi connectivity index (χ1v) is 12.9. The van der Waals surface area contributed by atoms with Crippen molar-refractivity contribution in [1.82, 2.24) is 4.31 Å². The first-order valence-electron chi connectivity index (χ1n) is 11.4. The highest BCUT2D eigenvalue weighted by molar-refractivity contribution is 7.89. The summed E-state index contributed by atoms with van der Waals surface area (Å²) in [6, 6.07) is 9.15. The minimum Gasteiger partial charge on any atom is -0.299 e. The molecule has 2 aromatic carbocycles. The van der Waals surface area contributed by atoms with E-state index in [1.807, 2.05) is 26.0 Å². The fraction of sp³-hybridized carbons (Fsp3) is 0.407. The van der Waals surface area contributed by atoms with Gasteiger partial charge in [-0.1, -0.05) is 18.1 Å². The number of hydrogen-bond acceptors (Lipinski definition) is 4. The number of piperidine rings is 1. The van der Waals surface area contributed by atoms with Crippen LogP contribution < -0.4 is 0 Å². The Labute approximate surface area is 200 Å². The smallest absolute Gasteiger partial charge is 0.245 e. The van der Waals surface area contributed by atoms with Gasteiger partial charge in [0.05, 0.1) is 0 Å². The molecule has 4 rings (SSSR count). The van der Waals surface area contributed by atoms with Crippen LogP contribution >= 0.6 is 0 Å². The summed E-state index contributed by atoms with van der Waals surface area (Å²) in [5.74, 6) is 4.11. The average Bonchev–Trinajstić information content (AvgIpc) is 2.76. The topological polar surface area (TPSA) is 71.5 Å². The van der Waals surface area contributed by atoms with E-state index in [-0.39, 0.29) is 42.4 Å². The van der Waals surface area contributed by atoms with Crippen LogP contribution in [0.3, 0.4) is 0 Å². The summed E-state index contributed by atoms with van der Waals surface area (Å²) in [5.41, 5.74) is 2.85. The highest BCUT2D eigenvalue weighted by Crippen LogP contribution is 2.47. The van der Waals surface area contributed by atoms with E-state index in [9.17, 15) is 22.4 Å². The SMILES string of the molecule is CC#Cc1cc(C)c(C2C(=O)CC3(CCN(S(=O)(=O)c4ccccc4F)CC3)CC2=O)c(C)c1. The maximum atomic E-state index is 14.1. The van der Waals surface area contributed by atoms with Gasteiger partial charge in [-0.05, 0) is 80.0 Å². The lowest BCUT2D eigenvalue weighted by Gasteiger charge is -2.44. The van der Waals surface area contributed by atoms with E-state index < -0.39 is 27.2 Å². The second-order valence-electron chi connectivity index (χ2n) is 9.45. The van der Waals surface area contributed by atoms with Crippen LogP contribution in [-0.4, -0.2) is 37.4 Å². The maximum absolute atomic E-state index is 14.1. The first-order chi connectivity index (χ1) is 16.1. The summed E-state index contributed by atoms with van der Waals surface area (Å²) in [7, 11) is -3.97. The molecule has 0 amide bonds. The van der Waals surface area contributed by atoms with E-state index in [1.54, 1.807) is 6.92 Å². The summed E-state index contributed by atoms with van der Waals surface area (Å²) in [5, 5.41) is 0. The Kier molecular flexibility index (Phi) is 6.50. The van der Waals surface area contributed by atoms with E-state index in [4.69, 9.17) is 0 Å². The molecule has 5 nitrogen and oxygen atoms in total. The predicted octanol–water partition coefficient (Wildman–Crippen LogP) is 4.30. The van der Waals surface area contributed by atoms with Gasteiger partial charge in [0.15, 0.2) is 0 Å². The number of hydrogen-bond donors (Lipinski definition) is 0. The van der Waals surface area contributed by atoms with Gasteiger partial charge in [-0.15, -0.1) is 5.92 Å². The van der Waals surface area contributed by atoms with Gasteiger partial charge in [-0.2, -0.15) is 4.31 Å². The zero-order valence-corrected chi connectivity index (χ0v) is 20.5. The fourth-order valence-corrected chi connectivity index (χ4v) is 7.01. The number of ketones is 2. The van der Waals surface area contributed by atoms with Gasteiger partial charge >= 0.3 is 0 Å². The van der Waals surface area contributed by atoms with Crippen LogP contribution in [0.15, 0.2) is 41.3 Å². The summed E-state index contributed by atoms with van der Waals surface area (Å²) in [4.78, 5) is 26.3. The predicted molar refractivity (Wildman–Crippen MR) is 127 cm³/mol. The van der Waals surface area contributed by atoms with Gasteiger partial charge in [0.25, 0.3) is 0 Å². The zero-order chi connectivity index (χ0) is 24.7. The van der Waals surface area contributed by atoms with Crippen LogP contribution in [0.2, 0.25) is 0 Å². The van der Waals surface area contributed by atoms with Crippen LogP contribution in [0.25, 0.3) is 0 Å². The quantitative estimate of drug-likeness (QED) is 0.484. The monoisotopic (exact) mass is 481 g/mol. The van der Waals surface area contributed by atoms with Crippen LogP contribution in [0.4, 0.5) is 4.39 Å². The van der Waals surface area contributed by atoms with Gasteiger partial charge in [-0.3, -0.25) is 9.59 Å². The summed E-state index contributed by atoms with van der Waals surface area (Å²) in [6.07, 6.45) is 1.28. The first kappa shape index (κ1) is 24.3. The molecular weight excluding hydrogens is 453 g/mol. The maximum Gasteiger partial charge on any atom is 0.245 e. The third-order valence-electron chi connectivity index (χ3n) is 7.13. The Morgan fingerprint density at radius 1 is 1.00 bits per heavy atom. The molecule has 2 aromatic rings. The van der Waals surface area contributed by atoms with Crippen molar-refractivity contribution in [3.8, 4) is 11.8 Å². The molecule has 1 spiro atoms. The second kappa shape index (κ2) is 9.09. The number of nitrogens with zero attached hydrogens (tertiary/aromatic N) is 1. The van der Waals surface area contributed by atoms with Crippen molar-refractivity contribution in [2.75, 3.05) is 13.1 Å². The Bertz CT molecular complexity index is 1280. The lowest BCUT2D eigenvalue weighted by atomic mass is 9.63. The number of carbonyl (C=O) groups excluding carboxylic acids is 2. The van der Waals surface area contributed by atoms with E-state index in [2.05, 4.69) is 11.8 Å². The normalized spacial score (nSPS) is 19.2. The van der Waals surface area contributed by atoms with Crippen LogP contribution in [0.1, 0.15) is 60.8 Å². The number of carbonyl (C=O) groups is 2. The minimum atomic E-state index is -3.97. The molecule has 0 N–H and O–H groups in total. The van der Waals surface area contributed by atoms with Crippen LogP contribution in [0.5, 0.6) is 0 Å². The molecule has 1 saturated heterocycles. The second-order valence-corrected chi connectivity index (χ2v) is 11.4. The number of rotatable bonds is 3. The largest absolute Gasteiger partial charge is 0.299 e. The molecule has 1 heterocycles. The van der Waals surface area contributed by atoms with Crippen molar-refractivity contribution in [2.45, 2.75) is 57.3 Å². The standard InChI is InChI=1S/C27H28FNO4S/c1-4-7-20-14-18(2)25(19(3)15-20)26-22(30)16-27(17-23(26)31)10-12-29(13-11-27)34(32,33)24-9-6-5-8-21(24)28/h5-6,8-9,14-15,26H,10-13,16-17H2,1-3H3. The van der Waals surface area contributed by atoms with Gasteiger partial charge in [0, 0.05) is 31.5 Å². The van der Waals surface area contributed by atoms with E-state index in [0.29, 0.717) is 12.8 Å². The summed E-state index contributed by atoms with van der Waals surface area (Å²) in [6.45, 7) is 5.88. The van der Waals surface area contributed by atoms with E-state index in [0.717, 1.165) is 28.3 Å². The molecule has 0 bridgehead atoms. The summed E-state index contributed by atoms with van der Waals surface area (Å²) < 4.78 is 41.3. The molecule has 2 fully saturated rings. The van der Waals surface area contributed by atoms with E-state index >= 15 is 0 Å². The van der Waals surface area contributed by atoms with Crippen LogP contribution in [-0.2, 0) is 19.6 Å². The van der Waals surface area contributed by atoms with Gasteiger partial charge in [0.2, 0.25) is 10.0 Å². The molecule has 1 aliphatic carbocycles. The molecule has 1 aliphatic heterocycles. The average molecular weight is 482 g/mol. The van der Waals surface area contributed by atoms with Crippen molar-refractivity contribution in [3.05, 3.63) is 64.5 Å². The van der Waals surface area contributed by atoms with Crippen molar-refractivity contribution < 1.29 is 22.4 Å². The van der Waals surface area contributed by atoms with E-state index in [1.165, 1.54) is 22.5 Å². The number of Topliss-reactive ketones (excluding diaryl/α,β-unsaturated/α-hetero) is 2. The number of benzene rings is 2. The Morgan fingerprint density at radius 2 is 1.56 bits per heavy atom. The highest BCUT2D eigenvalue weighted by atomic mass is 32.2. The third kappa shape index (κ3) is 4.33. The molecule has 34 heavy (non-hydrogen) atoms. The van der Waals surface area contributed by atoms with Gasteiger partial charge in [-0.25, -0.2) is 12.8 Å². The molecular formula is C27H28FNO4S. The highest BCUT2D eigenvalue weighted by Gasteiger charge is 2.48. The number of halogens is 1. The zero-order valence-electron chi connectivity index (χ0n) is 19.7. The lowest BCUT2D eigenvalue weighted by Crippen LogP contribution is -2.48. The Balaban J connectivity index is 1.53. The van der Waals surface area contributed by atoms with Crippen molar-refractivity contribution >= 4 is 21.6 Å². The lowest BCUT2D eigenvalue weighted by molar-refractivity contribution is -0.138. The van der Waals surface area contributed by atoms with Crippen molar-refractivity contribution in [2.24, 2.45) is 5.41 Å². The Hall–Kier alpha value is -2.82. The van der Waals surface area contributed by atoms with Crippen molar-refractivity contribution in [1.29, 1.82) is 0 Å². The third-order valence-corrected chi connectivity index (χ3v) is 9.06. The molecule has 2 aliphatic rings. The fourth-order valence-electron chi connectivity index (χ4n) is 5.50. The molecule has 0 radical (unpaired) electrons. The molecule has 178 valence electrons. The summed E-state index contributed by atoms with van der Waals surface area (Å²) >= 11 is 0. The number of aryl methyl sites for hydroxylation is 2. The molecule has 7 heteroatoms. The Morgan fingerprint density at radius 3 is 2.09 bits per heavy atom. The molecule has 0 aromatic heterocycles. The number of sulfonamides is 1. The van der Waals surface area contributed by atoms with Crippen molar-refractivity contribution in [3.63, 3.8) is 0 Å². The molecule has 0 unspecified atom stereocenters. The van der Waals surface area contributed by atoms with Crippen LogP contribution in [0, 0.1) is 36.9 Å². The van der Waals surface area contributed by atoms with Gasteiger partial charge in [0.1, 0.15) is 28.2 Å². The van der Waals surface area contributed by atoms with Gasteiger partial charge < -0.3 is 0 Å². The molecule has 1 saturated carbocycles. The minimum absolute atomic E-state index is 0.109.